The first-order chi connectivity index (χ1) is 9.09. The lowest BCUT2D eigenvalue weighted by atomic mass is 9.94. The van der Waals surface area contributed by atoms with Gasteiger partial charge in [0.25, 0.3) is 0 Å². The predicted molar refractivity (Wildman–Crippen MR) is 71.9 cm³/mol. The van der Waals surface area contributed by atoms with Gasteiger partial charge in [0.2, 0.25) is 0 Å². The molecule has 2 aromatic carbocycles. The Morgan fingerprint density at radius 2 is 1.53 bits per heavy atom. The Labute approximate surface area is 117 Å². The van der Waals surface area contributed by atoms with Gasteiger partial charge in [-0.15, -0.1) is 0 Å². The van der Waals surface area contributed by atoms with Gasteiger partial charge in [-0.2, -0.15) is 0 Å². The molecule has 0 heterocycles. The van der Waals surface area contributed by atoms with E-state index in [2.05, 4.69) is 15.9 Å². The van der Waals surface area contributed by atoms with Gasteiger partial charge in [-0.1, -0.05) is 46.3 Å². The second-order valence-corrected chi connectivity index (χ2v) is 5.23. The first-order valence-corrected chi connectivity index (χ1v) is 6.51. The third-order valence-corrected chi connectivity index (χ3v) is 3.94. The highest BCUT2D eigenvalue weighted by Crippen LogP contribution is 2.37. The summed E-state index contributed by atoms with van der Waals surface area (Å²) in [5.41, 5.74) is 1.38. The van der Waals surface area contributed by atoms with Crippen LogP contribution >= 0.6 is 15.9 Å². The van der Waals surface area contributed by atoms with Crippen LogP contribution in [0.1, 0.15) is 32.2 Å². The molecule has 0 saturated heterocycles. The minimum absolute atomic E-state index is 0.229. The second-order valence-electron chi connectivity index (χ2n) is 4.37. The van der Waals surface area contributed by atoms with Crippen molar-refractivity contribution in [3.8, 4) is 0 Å². The molecule has 0 N–H and O–H groups in total. The van der Waals surface area contributed by atoms with Crippen molar-refractivity contribution < 1.29 is 14.0 Å². The summed E-state index contributed by atoms with van der Waals surface area (Å²) in [7, 11) is 0. The maximum Gasteiger partial charge on any atom is 0.178 e. The summed E-state index contributed by atoms with van der Waals surface area (Å²) in [6.45, 7) is 0. The second kappa shape index (κ2) is 4.38. The SMILES string of the molecule is O=C1c2ccccc2C(=O)C1c1ccc(F)cc1Br. The van der Waals surface area contributed by atoms with E-state index in [4.69, 9.17) is 0 Å². The Balaban J connectivity index is 2.14. The summed E-state index contributed by atoms with van der Waals surface area (Å²) < 4.78 is 13.5. The highest BCUT2D eigenvalue weighted by Gasteiger charge is 2.40. The maximum absolute atomic E-state index is 13.1. The van der Waals surface area contributed by atoms with Crippen LogP contribution in [-0.2, 0) is 0 Å². The van der Waals surface area contributed by atoms with Crippen LogP contribution in [0, 0.1) is 5.82 Å². The summed E-state index contributed by atoms with van der Waals surface area (Å²) in [6, 6.07) is 10.7. The van der Waals surface area contributed by atoms with Gasteiger partial charge in [0.05, 0.1) is 0 Å². The van der Waals surface area contributed by atoms with E-state index in [1.54, 1.807) is 24.3 Å². The van der Waals surface area contributed by atoms with Crippen LogP contribution in [0.2, 0.25) is 0 Å². The molecule has 2 aromatic rings. The lowest BCUT2D eigenvalue weighted by Gasteiger charge is -2.09. The number of carbonyl (C=O) groups excluding carboxylic acids is 2. The first-order valence-electron chi connectivity index (χ1n) is 5.72. The molecule has 3 rings (SSSR count). The normalized spacial score (nSPS) is 14.8. The minimum Gasteiger partial charge on any atom is -0.293 e. The minimum atomic E-state index is -0.868. The molecule has 0 saturated carbocycles. The standard InChI is InChI=1S/C15H8BrFO2/c16-12-7-8(17)5-6-11(12)13-14(18)9-3-1-2-4-10(9)15(13)19/h1-7,13H. The van der Waals surface area contributed by atoms with Gasteiger partial charge in [-0.3, -0.25) is 9.59 Å². The Kier molecular flexibility index (Phi) is 2.82. The van der Waals surface area contributed by atoms with Gasteiger partial charge in [-0.25, -0.2) is 4.39 Å². The van der Waals surface area contributed by atoms with E-state index in [0.29, 0.717) is 21.2 Å². The summed E-state index contributed by atoms with van der Waals surface area (Å²) in [5, 5.41) is 0. The summed E-state index contributed by atoms with van der Waals surface area (Å²) in [4.78, 5) is 24.6. The highest BCUT2D eigenvalue weighted by atomic mass is 79.9. The van der Waals surface area contributed by atoms with Crippen molar-refractivity contribution in [3.63, 3.8) is 0 Å². The van der Waals surface area contributed by atoms with E-state index >= 15 is 0 Å². The number of Topliss-reactive ketones (excluding diaryl/α,β-unsaturated/α-hetero) is 2. The predicted octanol–water partition coefficient (Wildman–Crippen LogP) is 3.75. The fourth-order valence-corrected chi connectivity index (χ4v) is 2.94. The molecule has 94 valence electrons. The third kappa shape index (κ3) is 1.83. The molecule has 1 aliphatic carbocycles. The molecule has 0 unspecified atom stereocenters. The van der Waals surface area contributed by atoms with Gasteiger partial charge in [0.1, 0.15) is 11.7 Å². The van der Waals surface area contributed by atoms with Crippen LogP contribution in [0.25, 0.3) is 0 Å². The van der Waals surface area contributed by atoms with Crippen molar-refractivity contribution in [3.05, 3.63) is 69.4 Å². The van der Waals surface area contributed by atoms with Crippen molar-refractivity contribution in [1.29, 1.82) is 0 Å². The molecular weight excluding hydrogens is 311 g/mol. The molecule has 2 nitrogen and oxygen atoms in total. The Morgan fingerprint density at radius 1 is 0.947 bits per heavy atom. The van der Waals surface area contributed by atoms with Crippen LogP contribution in [0.5, 0.6) is 0 Å². The molecule has 0 aliphatic heterocycles. The quantitative estimate of drug-likeness (QED) is 0.750. The van der Waals surface area contributed by atoms with E-state index in [0.717, 1.165) is 0 Å². The van der Waals surface area contributed by atoms with Crippen molar-refractivity contribution >= 4 is 27.5 Å². The lowest BCUT2D eigenvalue weighted by molar-refractivity contribution is 0.0889. The Bertz CT molecular complexity index is 674. The third-order valence-electron chi connectivity index (χ3n) is 3.26. The zero-order valence-electron chi connectivity index (χ0n) is 9.69. The average Bonchev–Trinajstić information content (AvgIpc) is 2.64. The lowest BCUT2D eigenvalue weighted by Crippen LogP contribution is -2.13. The number of ketones is 2. The van der Waals surface area contributed by atoms with E-state index in [9.17, 15) is 14.0 Å². The molecule has 0 aromatic heterocycles. The summed E-state index contributed by atoms with van der Waals surface area (Å²) in [6.07, 6.45) is 0. The largest absolute Gasteiger partial charge is 0.293 e. The van der Waals surface area contributed by atoms with Crippen LogP contribution < -0.4 is 0 Å². The van der Waals surface area contributed by atoms with E-state index in [1.165, 1.54) is 18.2 Å². The molecule has 0 radical (unpaired) electrons. The number of hydrogen-bond acceptors (Lipinski definition) is 2. The summed E-state index contributed by atoms with van der Waals surface area (Å²) in [5.74, 6) is -1.74. The van der Waals surface area contributed by atoms with Gasteiger partial charge < -0.3 is 0 Å². The smallest absolute Gasteiger partial charge is 0.178 e. The molecule has 1 aliphatic rings. The van der Waals surface area contributed by atoms with Crippen molar-refractivity contribution in [1.82, 2.24) is 0 Å². The molecular formula is C15H8BrFO2. The van der Waals surface area contributed by atoms with Crippen molar-refractivity contribution in [2.75, 3.05) is 0 Å². The van der Waals surface area contributed by atoms with Crippen LogP contribution in [0.15, 0.2) is 46.9 Å². The molecule has 4 heteroatoms. The number of fused-ring (bicyclic) bond motifs is 1. The molecule has 0 spiro atoms. The number of halogens is 2. The first kappa shape index (κ1) is 12.2. The van der Waals surface area contributed by atoms with E-state index in [1.807, 2.05) is 0 Å². The van der Waals surface area contributed by atoms with Crippen LogP contribution in [0.4, 0.5) is 4.39 Å². The van der Waals surface area contributed by atoms with Crippen molar-refractivity contribution in [2.24, 2.45) is 0 Å². The monoisotopic (exact) mass is 318 g/mol. The zero-order valence-corrected chi connectivity index (χ0v) is 11.3. The topological polar surface area (TPSA) is 34.1 Å². The number of rotatable bonds is 1. The number of hydrogen-bond donors (Lipinski definition) is 0. The van der Waals surface area contributed by atoms with Gasteiger partial charge >= 0.3 is 0 Å². The number of benzene rings is 2. The van der Waals surface area contributed by atoms with Gasteiger partial charge in [-0.05, 0) is 17.7 Å². The average molecular weight is 319 g/mol. The summed E-state index contributed by atoms with van der Waals surface area (Å²) >= 11 is 3.21. The molecule has 0 bridgehead atoms. The molecule has 0 atom stereocenters. The van der Waals surface area contributed by atoms with E-state index < -0.39 is 11.7 Å². The Hall–Kier alpha value is -1.81. The van der Waals surface area contributed by atoms with Gasteiger partial charge in [0.15, 0.2) is 11.6 Å². The molecule has 19 heavy (non-hydrogen) atoms. The Morgan fingerprint density at radius 3 is 2.05 bits per heavy atom. The van der Waals surface area contributed by atoms with E-state index in [-0.39, 0.29) is 11.6 Å². The fraction of sp³-hybridized carbons (Fsp3) is 0.0667. The fourth-order valence-electron chi connectivity index (χ4n) is 2.36. The van der Waals surface area contributed by atoms with Crippen LogP contribution in [-0.4, -0.2) is 11.6 Å². The molecule has 0 amide bonds. The van der Waals surface area contributed by atoms with Gasteiger partial charge in [0, 0.05) is 15.6 Å². The molecule has 0 fully saturated rings. The number of carbonyl (C=O) groups is 2. The maximum atomic E-state index is 13.1. The van der Waals surface area contributed by atoms with Crippen molar-refractivity contribution in [2.45, 2.75) is 5.92 Å². The highest BCUT2D eigenvalue weighted by molar-refractivity contribution is 9.10. The van der Waals surface area contributed by atoms with Crippen LogP contribution in [0.3, 0.4) is 0 Å². The zero-order chi connectivity index (χ0) is 13.6.